The Balaban J connectivity index is 2.35. The van der Waals surface area contributed by atoms with E-state index in [1.54, 1.807) is 0 Å². The molecule has 0 heterocycles. The van der Waals surface area contributed by atoms with E-state index in [-0.39, 0.29) is 0 Å². The first-order valence-electron chi connectivity index (χ1n) is 5.30. The van der Waals surface area contributed by atoms with Crippen LogP contribution in [-0.2, 0) is 6.42 Å². The van der Waals surface area contributed by atoms with Gasteiger partial charge in [0.2, 0.25) is 0 Å². The minimum Gasteiger partial charge on any atom is -0.103 e. The van der Waals surface area contributed by atoms with Gasteiger partial charge in [-0.25, -0.2) is 0 Å². The highest BCUT2D eigenvalue weighted by Crippen LogP contribution is 2.30. The summed E-state index contributed by atoms with van der Waals surface area (Å²) in [4.78, 5) is 0. The Morgan fingerprint density at radius 1 is 1.21 bits per heavy atom. The Labute approximate surface area is 86.0 Å². The first-order chi connectivity index (χ1) is 6.92. The summed E-state index contributed by atoms with van der Waals surface area (Å²) >= 11 is 0. The van der Waals surface area contributed by atoms with E-state index in [4.69, 9.17) is 0 Å². The average Bonchev–Trinajstić information content (AvgIpc) is 2.26. The summed E-state index contributed by atoms with van der Waals surface area (Å²) in [5.74, 6) is 0. The Bertz CT molecular complexity index is 358. The second-order valence-corrected chi connectivity index (χ2v) is 3.76. The molecule has 0 N–H and O–H groups in total. The number of hydrogen-bond acceptors (Lipinski definition) is 0. The Kier molecular flexibility index (Phi) is 2.83. The lowest BCUT2D eigenvalue weighted by Gasteiger charge is -2.18. The third-order valence-corrected chi connectivity index (χ3v) is 2.79. The molecule has 0 radical (unpaired) electrons. The fraction of sp³-hybridized carbons (Fsp3) is 0.286. The van der Waals surface area contributed by atoms with Crippen molar-refractivity contribution in [3.05, 3.63) is 54.1 Å². The van der Waals surface area contributed by atoms with Crippen LogP contribution in [0.5, 0.6) is 0 Å². The van der Waals surface area contributed by atoms with E-state index < -0.39 is 0 Å². The first-order valence-corrected chi connectivity index (χ1v) is 5.30. The Morgan fingerprint density at radius 3 is 2.93 bits per heavy atom. The predicted octanol–water partition coefficient (Wildman–Crippen LogP) is 3.98. The van der Waals surface area contributed by atoms with E-state index in [0.717, 1.165) is 6.42 Å². The normalized spacial score (nSPS) is 17.9. The molecule has 0 saturated carbocycles. The summed E-state index contributed by atoms with van der Waals surface area (Å²) in [6.07, 6.45) is 9.02. The molecule has 2 rings (SSSR count). The van der Waals surface area contributed by atoms with Crippen LogP contribution in [0, 0.1) is 0 Å². The van der Waals surface area contributed by atoms with Crippen molar-refractivity contribution in [2.75, 3.05) is 0 Å². The van der Waals surface area contributed by atoms with Crippen molar-refractivity contribution in [1.29, 1.82) is 0 Å². The third-order valence-electron chi connectivity index (χ3n) is 2.79. The SMILES string of the molecule is C=CC/C=C1/CCCc2ccccc21. The van der Waals surface area contributed by atoms with Crippen LogP contribution in [0.2, 0.25) is 0 Å². The lowest BCUT2D eigenvalue weighted by Crippen LogP contribution is -2.00. The first kappa shape index (κ1) is 9.26. The average molecular weight is 184 g/mol. The van der Waals surface area contributed by atoms with Gasteiger partial charge in [0.15, 0.2) is 0 Å². The van der Waals surface area contributed by atoms with Crippen molar-refractivity contribution >= 4 is 5.57 Å². The van der Waals surface area contributed by atoms with Gasteiger partial charge < -0.3 is 0 Å². The molecule has 1 aliphatic carbocycles. The molecule has 1 aliphatic rings. The monoisotopic (exact) mass is 184 g/mol. The van der Waals surface area contributed by atoms with Gasteiger partial charge >= 0.3 is 0 Å². The summed E-state index contributed by atoms with van der Waals surface area (Å²) in [7, 11) is 0. The number of fused-ring (bicyclic) bond motifs is 1. The number of hydrogen-bond donors (Lipinski definition) is 0. The van der Waals surface area contributed by atoms with Crippen molar-refractivity contribution in [2.45, 2.75) is 25.7 Å². The molecule has 0 aliphatic heterocycles. The van der Waals surface area contributed by atoms with E-state index in [9.17, 15) is 0 Å². The van der Waals surface area contributed by atoms with E-state index in [1.165, 1.54) is 36.0 Å². The molecule has 0 spiro atoms. The molecule has 0 fully saturated rings. The maximum Gasteiger partial charge on any atom is -0.0166 e. The smallest absolute Gasteiger partial charge is 0.0166 e. The Morgan fingerprint density at radius 2 is 2.07 bits per heavy atom. The van der Waals surface area contributed by atoms with Crippen LogP contribution < -0.4 is 0 Å². The molecule has 14 heavy (non-hydrogen) atoms. The number of benzene rings is 1. The molecule has 1 aromatic rings. The molecule has 0 unspecified atom stereocenters. The Hall–Kier alpha value is -1.30. The molecule has 0 heteroatoms. The van der Waals surface area contributed by atoms with Gasteiger partial charge in [0.05, 0.1) is 0 Å². The van der Waals surface area contributed by atoms with Gasteiger partial charge in [0, 0.05) is 0 Å². The van der Waals surface area contributed by atoms with E-state index in [2.05, 4.69) is 36.9 Å². The molecular formula is C14H16. The van der Waals surface area contributed by atoms with Crippen molar-refractivity contribution < 1.29 is 0 Å². The molecule has 72 valence electrons. The zero-order valence-electron chi connectivity index (χ0n) is 8.50. The van der Waals surface area contributed by atoms with Crippen LogP contribution in [0.15, 0.2) is 43.0 Å². The van der Waals surface area contributed by atoms with Gasteiger partial charge in [0.1, 0.15) is 0 Å². The standard InChI is InChI=1S/C14H16/c1-2-3-7-12-9-6-10-13-8-4-5-11-14(12)13/h2,4-5,7-8,11H,1,3,6,9-10H2/b12-7-. The van der Waals surface area contributed by atoms with E-state index >= 15 is 0 Å². The maximum atomic E-state index is 3.76. The lowest BCUT2D eigenvalue weighted by molar-refractivity contribution is 0.820. The number of aryl methyl sites for hydroxylation is 1. The van der Waals surface area contributed by atoms with Crippen LogP contribution in [0.1, 0.15) is 30.4 Å². The van der Waals surface area contributed by atoms with Gasteiger partial charge in [-0.2, -0.15) is 0 Å². The topological polar surface area (TPSA) is 0 Å². The maximum absolute atomic E-state index is 3.76. The van der Waals surface area contributed by atoms with Crippen molar-refractivity contribution in [2.24, 2.45) is 0 Å². The molecular weight excluding hydrogens is 168 g/mol. The van der Waals surface area contributed by atoms with Crippen molar-refractivity contribution in [1.82, 2.24) is 0 Å². The summed E-state index contributed by atoms with van der Waals surface area (Å²) in [5, 5.41) is 0. The third kappa shape index (κ3) is 1.79. The van der Waals surface area contributed by atoms with Gasteiger partial charge in [-0.3, -0.25) is 0 Å². The minimum atomic E-state index is 0.990. The van der Waals surface area contributed by atoms with Crippen LogP contribution in [0.4, 0.5) is 0 Å². The summed E-state index contributed by atoms with van der Waals surface area (Å²) in [5.41, 5.74) is 4.47. The molecule has 0 aromatic heterocycles. The van der Waals surface area contributed by atoms with Crippen molar-refractivity contribution in [3.63, 3.8) is 0 Å². The molecule has 0 saturated heterocycles. The fourth-order valence-electron chi connectivity index (χ4n) is 2.09. The number of allylic oxidation sites excluding steroid dienone is 3. The van der Waals surface area contributed by atoms with Crippen LogP contribution in [0.25, 0.3) is 5.57 Å². The summed E-state index contributed by atoms with van der Waals surface area (Å²) in [6, 6.07) is 8.75. The zero-order chi connectivity index (χ0) is 9.80. The van der Waals surface area contributed by atoms with Gasteiger partial charge in [-0.1, -0.05) is 36.4 Å². The summed E-state index contributed by atoms with van der Waals surface area (Å²) in [6.45, 7) is 3.76. The molecule has 0 bridgehead atoms. The second kappa shape index (κ2) is 4.28. The van der Waals surface area contributed by atoms with Gasteiger partial charge in [-0.15, -0.1) is 6.58 Å². The van der Waals surface area contributed by atoms with Gasteiger partial charge in [-0.05, 0) is 42.4 Å². The largest absolute Gasteiger partial charge is 0.103 e. The molecule has 0 atom stereocenters. The highest BCUT2D eigenvalue weighted by molar-refractivity contribution is 5.69. The fourth-order valence-corrected chi connectivity index (χ4v) is 2.09. The minimum absolute atomic E-state index is 0.990. The highest BCUT2D eigenvalue weighted by Gasteiger charge is 2.11. The number of rotatable bonds is 2. The highest BCUT2D eigenvalue weighted by atomic mass is 14.2. The molecule has 0 nitrogen and oxygen atoms in total. The van der Waals surface area contributed by atoms with Crippen molar-refractivity contribution in [3.8, 4) is 0 Å². The lowest BCUT2D eigenvalue weighted by atomic mass is 9.87. The molecule has 1 aromatic carbocycles. The van der Waals surface area contributed by atoms with Crippen LogP contribution in [-0.4, -0.2) is 0 Å². The second-order valence-electron chi connectivity index (χ2n) is 3.76. The quantitative estimate of drug-likeness (QED) is 0.610. The van der Waals surface area contributed by atoms with Crippen LogP contribution >= 0.6 is 0 Å². The van der Waals surface area contributed by atoms with E-state index in [1.807, 2.05) is 6.08 Å². The summed E-state index contributed by atoms with van der Waals surface area (Å²) < 4.78 is 0. The zero-order valence-corrected chi connectivity index (χ0v) is 8.50. The van der Waals surface area contributed by atoms with Gasteiger partial charge in [0.25, 0.3) is 0 Å². The molecule has 0 amide bonds. The van der Waals surface area contributed by atoms with E-state index in [0.29, 0.717) is 0 Å². The predicted molar refractivity (Wildman–Crippen MR) is 62.2 cm³/mol. The van der Waals surface area contributed by atoms with Crippen LogP contribution in [0.3, 0.4) is 0 Å².